The first kappa shape index (κ1) is 14.2. The van der Waals surface area contributed by atoms with Gasteiger partial charge in [0.05, 0.1) is 5.25 Å². The lowest BCUT2D eigenvalue weighted by Gasteiger charge is -2.28. The van der Waals surface area contributed by atoms with Crippen LogP contribution in [0.5, 0.6) is 0 Å². The maximum absolute atomic E-state index is 12.4. The highest BCUT2D eigenvalue weighted by atomic mass is 32.2. The van der Waals surface area contributed by atoms with Gasteiger partial charge in [0, 0.05) is 12.2 Å². The number of halogens is 3. The molecule has 0 aromatic rings. The molecule has 0 saturated heterocycles. The largest absolute Gasteiger partial charge is 0.450 e. The Morgan fingerprint density at radius 2 is 1.94 bits per heavy atom. The van der Waals surface area contributed by atoms with Crippen LogP contribution in [0.3, 0.4) is 0 Å². The Balaban J connectivity index is 3.10. The third kappa shape index (κ3) is 3.31. The summed E-state index contributed by atoms with van der Waals surface area (Å²) < 4.78 is 59.8. The van der Waals surface area contributed by atoms with Gasteiger partial charge in [-0.25, -0.2) is 8.42 Å². The summed E-state index contributed by atoms with van der Waals surface area (Å²) >= 11 is 0. The number of carbonyl (C=O) groups excluding carboxylic acids is 1. The first-order valence-corrected chi connectivity index (χ1v) is 6.94. The Hall–Kier alpha value is -0.850. The first-order chi connectivity index (χ1) is 7.53. The average molecular weight is 270 g/mol. The number of hydrogen-bond acceptors (Lipinski definition) is 3. The van der Waals surface area contributed by atoms with Crippen molar-refractivity contribution in [2.45, 2.75) is 31.2 Å². The third-order valence-electron chi connectivity index (χ3n) is 2.86. The van der Waals surface area contributed by atoms with Crippen LogP contribution in [0.1, 0.15) is 19.8 Å². The molecule has 0 radical (unpaired) electrons. The second-order valence-electron chi connectivity index (χ2n) is 4.33. The van der Waals surface area contributed by atoms with Crippen LogP contribution in [-0.2, 0) is 14.6 Å². The van der Waals surface area contributed by atoms with E-state index in [2.05, 4.69) is 0 Å². The third-order valence-corrected chi connectivity index (χ3v) is 4.48. The molecule has 0 N–H and O–H groups in total. The van der Waals surface area contributed by atoms with Crippen LogP contribution >= 0.6 is 0 Å². The highest BCUT2D eigenvalue weighted by Gasteiger charge is 2.48. The van der Waals surface area contributed by atoms with Crippen molar-refractivity contribution in [3.05, 3.63) is 11.6 Å². The zero-order chi connectivity index (χ0) is 13.4. The number of carbonyl (C=O) groups is 1. The molecule has 0 aromatic carbocycles. The normalized spacial score (nSPS) is 26.5. The number of hydrogen-bond donors (Lipinski definition) is 0. The van der Waals surface area contributed by atoms with Gasteiger partial charge in [0.25, 0.3) is 0 Å². The van der Waals surface area contributed by atoms with E-state index in [0.717, 1.165) is 6.26 Å². The van der Waals surface area contributed by atoms with Crippen molar-refractivity contribution in [3.63, 3.8) is 0 Å². The van der Waals surface area contributed by atoms with E-state index in [9.17, 15) is 26.4 Å². The fourth-order valence-corrected chi connectivity index (χ4v) is 3.25. The first-order valence-electron chi connectivity index (χ1n) is 4.99. The summed E-state index contributed by atoms with van der Waals surface area (Å²) in [4.78, 5) is 11.2. The molecule has 1 rings (SSSR count). The van der Waals surface area contributed by atoms with E-state index >= 15 is 0 Å². The molecule has 98 valence electrons. The topological polar surface area (TPSA) is 51.2 Å². The SMILES string of the molecule is CC1=CC[C@H](S(C)(=O)=O)[C@@H](C(=O)C(F)(F)F)C1. The van der Waals surface area contributed by atoms with Gasteiger partial charge in [-0.05, 0) is 19.8 Å². The minimum Gasteiger partial charge on any atom is -0.289 e. The van der Waals surface area contributed by atoms with Gasteiger partial charge in [-0.2, -0.15) is 13.2 Å². The standard InChI is InChI=1S/C10H13F3O3S/c1-6-3-4-8(17(2,15)16)7(5-6)9(14)10(11,12)13/h3,7-8H,4-5H2,1-2H3/t7-,8-/m0/s1. The predicted octanol–water partition coefficient (Wildman–Crippen LogP) is 1.89. The Morgan fingerprint density at radius 1 is 1.41 bits per heavy atom. The van der Waals surface area contributed by atoms with Crippen LogP contribution in [0, 0.1) is 5.92 Å². The molecule has 0 unspecified atom stereocenters. The van der Waals surface area contributed by atoms with Crippen LogP contribution in [0.15, 0.2) is 11.6 Å². The molecule has 0 spiro atoms. The van der Waals surface area contributed by atoms with Crippen LogP contribution < -0.4 is 0 Å². The molecule has 2 atom stereocenters. The number of alkyl halides is 3. The van der Waals surface area contributed by atoms with Crippen molar-refractivity contribution in [1.29, 1.82) is 0 Å². The molecule has 0 saturated carbocycles. The lowest BCUT2D eigenvalue weighted by atomic mass is 9.85. The highest BCUT2D eigenvalue weighted by molar-refractivity contribution is 7.91. The average Bonchev–Trinajstić information content (AvgIpc) is 2.13. The second kappa shape index (κ2) is 4.44. The molecule has 0 fully saturated rings. The summed E-state index contributed by atoms with van der Waals surface area (Å²) in [5.41, 5.74) is 0.618. The number of ketones is 1. The summed E-state index contributed by atoms with van der Waals surface area (Å²) in [5, 5.41) is -1.26. The Morgan fingerprint density at radius 3 is 2.35 bits per heavy atom. The van der Waals surface area contributed by atoms with Crippen molar-refractivity contribution in [2.75, 3.05) is 6.26 Å². The number of allylic oxidation sites excluding steroid dienone is 2. The van der Waals surface area contributed by atoms with Gasteiger partial charge < -0.3 is 0 Å². The smallest absolute Gasteiger partial charge is 0.289 e. The van der Waals surface area contributed by atoms with Gasteiger partial charge >= 0.3 is 6.18 Å². The van der Waals surface area contributed by atoms with Crippen LogP contribution in [0.25, 0.3) is 0 Å². The Labute approximate surface area is 97.6 Å². The molecule has 0 bridgehead atoms. The van der Waals surface area contributed by atoms with Crippen LogP contribution in [0.4, 0.5) is 13.2 Å². The molecule has 17 heavy (non-hydrogen) atoms. The minimum atomic E-state index is -4.98. The fourth-order valence-electron chi connectivity index (χ4n) is 1.99. The van der Waals surface area contributed by atoms with E-state index in [1.807, 2.05) is 0 Å². The van der Waals surface area contributed by atoms with Crippen LogP contribution in [0.2, 0.25) is 0 Å². The van der Waals surface area contributed by atoms with E-state index in [0.29, 0.717) is 5.57 Å². The highest BCUT2D eigenvalue weighted by Crippen LogP contribution is 2.34. The summed E-state index contributed by atoms with van der Waals surface area (Å²) in [5.74, 6) is -3.45. The fraction of sp³-hybridized carbons (Fsp3) is 0.700. The van der Waals surface area contributed by atoms with Gasteiger partial charge in [-0.15, -0.1) is 0 Å². The monoisotopic (exact) mass is 270 g/mol. The van der Waals surface area contributed by atoms with Crippen molar-refractivity contribution < 1.29 is 26.4 Å². The summed E-state index contributed by atoms with van der Waals surface area (Å²) in [6.07, 6.45) is -2.72. The molecule has 7 heteroatoms. The van der Waals surface area contributed by atoms with E-state index in [1.54, 1.807) is 13.0 Å². The summed E-state index contributed by atoms with van der Waals surface area (Å²) in [6, 6.07) is 0. The molecule has 1 aliphatic rings. The van der Waals surface area contributed by atoms with Crippen molar-refractivity contribution in [2.24, 2.45) is 5.92 Å². The number of Topliss-reactive ketones (excluding diaryl/α,β-unsaturated/α-hetero) is 1. The van der Waals surface area contributed by atoms with Crippen LogP contribution in [-0.4, -0.2) is 31.9 Å². The molecular weight excluding hydrogens is 257 g/mol. The van der Waals surface area contributed by atoms with Crippen molar-refractivity contribution in [1.82, 2.24) is 0 Å². The number of sulfone groups is 1. The lowest BCUT2D eigenvalue weighted by molar-refractivity contribution is -0.175. The van der Waals surface area contributed by atoms with E-state index in [-0.39, 0.29) is 12.8 Å². The quantitative estimate of drug-likeness (QED) is 0.720. The van der Waals surface area contributed by atoms with Crippen molar-refractivity contribution in [3.8, 4) is 0 Å². The van der Waals surface area contributed by atoms with E-state index < -0.39 is 33.0 Å². The predicted molar refractivity (Wildman–Crippen MR) is 56.2 cm³/mol. The summed E-state index contributed by atoms with van der Waals surface area (Å²) in [6.45, 7) is 1.59. The summed E-state index contributed by atoms with van der Waals surface area (Å²) in [7, 11) is -3.67. The maximum atomic E-state index is 12.4. The van der Waals surface area contributed by atoms with Gasteiger partial charge in [-0.1, -0.05) is 11.6 Å². The molecule has 0 aromatic heterocycles. The van der Waals surface area contributed by atoms with E-state index in [4.69, 9.17) is 0 Å². The van der Waals surface area contributed by atoms with Crippen molar-refractivity contribution >= 4 is 15.6 Å². The zero-order valence-corrected chi connectivity index (χ0v) is 10.2. The Kier molecular flexibility index (Phi) is 3.71. The molecule has 0 amide bonds. The number of rotatable bonds is 2. The zero-order valence-electron chi connectivity index (χ0n) is 9.41. The van der Waals surface area contributed by atoms with Gasteiger partial charge in [0.1, 0.15) is 0 Å². The molecule has 0 heterocycles. The molecule has 3 nitrogen and oxygen atoms in total. The van der Waals surface area contributed by atoms with E-state index in [1.165, 1.54) is 0 Å². The molecule has 0 aliphatic heterocycles. The minimum absolute atomic E-state index is 0.0306. The molecule has 1 aliphatic carbocycles. The lowest BCUT2D eigenvalue weighted by Crippen LogP contribution is -2.42. The van der Waals surface area contributed by atoms with Gasteiger partial charge in [0.2, 0.25) is 5.78 Å². The van der Waals surface area contributed by atoms with Gasteiger partial charge in [0.15, 0.2) is 9.84 Å². The Bertz CT molecular complexity index is 448. The second-order valence-corrected chi connectivity index (χ2v) is 6.59. The maximum Gasteiger partial charge on any atom is 0.450 e. The van der Waals surface area contributed by atoms with Gasteiger partial charge in [-0.3, -0.25) is 4.79 Å². The molecular formula is C10H13F3O3S.